The van der Waals surface area contributed by atoms with E-state index in [4.69, 9.17) is 0 Å². The van der Waals surface area contributed by atoms with Gasteiger partial charge in [-0.1, -0.05) is 25.7 Å². The fourth-order valence-electron chi connectivity index (χ4n) is 3.14. The molecule has 120 valence electrons. The van der Waals surface area contributed by atoms with Crippen molar-refractivity contribution in [3.8, 4) is 0 Å². The summed E-state index contributed by atoms with van der Waals surface area (Å²) in [7, 11) is 0. The lowest BCUT2D eigenvalue weighted by Crippen LogP contribution is -2.54. The van der Waals surface area contributed by atoms with Crippen LogP contribution in [0.2, 0.25) is 0 Å². The zero-order valence-electron chi connectivity index (χ0n) is 12.3. The van der Waals surface area contributed by atoms with Gasteiger partial charge in [-0.05, 0) is 41.6 Å². The summed E-state index contributed by atoms with van der Waals surface area (Å²) in [6.07, 6.45) is 6.83. The maximum absolute atomic E-state index is 12.5. The van der Waals surface area contributed by atoms with E-state index in [0.29, 0.717) is 23.2 Å². The van der Waals surface area contributed by atoms with Crippen molar-refractivity contribution in [3.63, 3.8) is 0 Å². The highest BCUT2D eigenvalue weighted by Gasteiger charge is 2.41. The SMILES string of the molecule is O=C(NC1(C(=O)O)CCCCCC1)c1n[nH]c(C2CC2)c1Br. The average molecular weight is 370 g/mol. The van der Waals surface area contributed by atoms with Crippen molar-refractivity contribution in [2.75, 3.05) is 0 Å². The number of carboxylic acid groups (broad SMARTS) is 1. The molecule has 0 radical (unpaired) electrons. The van der Waals surface area contributed by atoms with Gasteiger partial charge in [0, 0.05) is 5.92 Å². The maximum Gasteiger partial charge on any atom is 0.329 e. The van der Waals surface area contributed by atoms with Gasteiger partial charge in [0.05, 0.1) is 10.2 Å². The Morgan fingerprint density at radius 1 is 1.23 bits per heavy atom. The van der Waals surface area contributed by atoms with Gasteiger partial charge in [0.15, 0.2) is 5.69 Å². The molecule has 0 unspecified atom stereocenters. The van der Waals surface area contributed by atoms with Crippen LogP contribution in [0.5, 0.6) is 0 Å². The predicted octanol–water partition coefficient (Wildman–Crippen LogP) is 2.96. The Balaban J connectivity index is 1.80. The summed E-state index contributed by atoms with van der Waals surface area (Å²) in [5, 5.41) is 19.4. The van der Waals surface area contributed by atoms with E-state index >= 15 is 0 Å². The number of hydrogen-bond acceptors (Lipinski definition) is 3. The van der Waals surface area contributed by atoms with Crippen LogP contribution >= 0.6 is 15.9 Å². The van der Waals surface area contributed by atoms with Crippen molar-refractivity contribution in [1.29, 1.82) is 0 Å². The van der Waals surface area contributed by atoms with Gasteiger partial charge in [0.2, 0.25) is 0 Å². The second kappa shape index (κ2) is 6.02. The molecule has 2 aliphatic carbocycles. The third-order valence-corrected chi connectivity index (χ3v) is 5.46. The Morgan fingerprint density at radius 3 is 2.41 bits per heavy atom. The van der Waals surface area contributed by atoms with E-state index in [1.54, 1.807) is 0 Å². The normalized spacial score (nSPS) is 21.1. The standard InChI is InChI=1S/C15H20BrN3O3/c16-10-11(9-5-6-9)18-19-12(10)13(20)17-15(14(21)22)7-3-1-2-4-8-15/h9H,1-8H2,(H,17,20)(H,18,19)(H,21,22). The third-order valence-electron chi connectivity index (χ3n) is 4.65. The zero-order chi connectivity index (χ0) is 15.7. The molecule has 3 N–H and O–H groups in total. The van der Waals surface area contributed by atoms with E-state index in [1.807, 2.05) is 0 Å². The van der Waals surface area contributed by atoms with Crippen molar-refractivity contribution < 1.29 is 14.7 Å². The van der Waals surface area contributed by atoms with E-state index in [9.17, 15) is 14.7 Å². The molecule has 7 heteroatoms. The molecule has 0 aromatic carbocycles. The Hall–Kier alpha value is -1.37. The topological polar surface area (TPSA) is 95.1 Å². The molecular weight excluding hydrogens is 350 g/mol. The molecule has 22 heavy (non-hydrogen) atoms. The van der Waals surface area contributed by atoms with Crippen molar-refractivity contribution >= 4 is 27.8 Å². The monoisotopic (exact) mass is 369 g/mol. The van der Waals surface area contributed by atoms with Crippen molar-refractivity contribution in [2.45, 2.75) is 62.8 Å². The summed E-state index contributed by atoms with van der Waals surface area (Å²) in [4.78, 5) is 24.3. The van der Waals surface area contributed by atoms with E-state index in [1.165, 1.54) is 0 Å². The molecule has 2 saturated carbocycles. The number of hydrogen-bond donors (Lipinski definition) is 3. The van der Waals surface area contributed by atoms with Crippen molar-refractivity contribution in [3.05, 3.63) is 15.9 Å². The molecule has 1 aromatic rings. The van der Waals surface area contributed by atoms with Gasteiger partial charge in [-0.15, -0.1) is 0 Å². The van der Waals surface area contributed by atoms with E-state index < -0.39 is 17.4 Å². The van der Waals surface area contributed by atoms with Crippen LogP contribution in [0.4, 0.5) is 0 Å². The number of carbonyl (C=O) groups is 2. The first-order valence-electron chi connectivity index (χ1n) is 7.83. The molecule has 2 fully saturated rings. The number of nitrogens with zero attached hydrogens (tertiary/aromatic N) is 1. The van der Waals surface area contributed by atoms with Gasteiger partial charge in [-0.3, -0.25) is 9.89 Å². The van der Waals surface area contributed by atoms with Crippen LogP contribution in [0.25, 0.3) is 0 Å². The molecule has 3 rings (SSSR count). The van der Waals surface area contributed by atoms with E-state index in [2.05, 4.69) is 31.4 Å². The first-order valence-corrected chi connectivity index (χ1v) is 8.62. The predicted molar refractivity (Wildman–Crippen MR) is 83.8 cm³/mol. The maximum atomic E-state index is 12.5. The molecule has 6 nitrogen and oxygen atoms in total. The minimum Gasteiger partial charge on any atom is -0.480 e. The largest absolute Gasteiger partial charge is 0.480 e. The lowest BCUT2D eigenvalue weighted by molar-refractivity contribution is -0.145. The Labute approximate surface area is 137 Å². The number of nitrogens with one attached hydrogen (secondary N) is 2. The van der Waals surface area contributed by atoms with Gasteiger partial charge in [0.25, 0.3) is 5.91 Å². The lowest BCUT2D eigenvalue weighted by atomic mass is 9.90. The molecule has 2 aliphatic rings. The first kappa shape index (κ1) is 15.5. The van der Waals surface area contributed by atoms with Crippen LogP contribution in [0, 0.1) is 0 Å². The first-order chi connectivity index (χ1) is 10.5. The smallest absolute Gasteiger partial charge is 0.329 e. The molecular formula is C15H20BrN3O3. The quantitative estimate of drug-likeness (QED) is 0.710. The lowest BCUT2D eigenvalue weighted by Gasteiger charge is -2.29. The summed E-state index contributed by atoms with van der Waals surface area (Å²) in [5.74, 6) is -0.925. The van der Waals surface area contributed by atoms with Crippen LogP contribution in [0.3, 0.4) is 0 Å². The number of rotatable bonds is 4. The van der Waals surface area contributed by atoms with Gasteiger partial charge in [-0.2, -0.15) is 5.10 Å². The highest BCUT2D eigenvalue weighted by molar-refractivity contribution is 9.10. The number of amides is 1. The Bertz CT molecular complexity index is 587. The highest BCUT2D eigenvalue weighted by atomic mass is 79.9. The summed E-state index contributed by atoms with van der Waals surface area (Å²) >= 11 is 3.43. The van der Waals surface area contributed by atoms with Crippen LogP contribution in [0.15, 0.2) is 4.47 Å². The minimum absolute atomic E-state index is 0.256. The Morgan fingerprint density at radius 2 is 1.86 bits per heavy atom. The van der Waals surface area contributed by atoms with Gasteiger partial charge < -0.3 is 10.4 Å². The molecule has 0 saturated heterocycles. The number of halogens is 1. The average Bonchev–Trinajstić information content (AvgIpc) is 3.27. The van der Waals surface area contributed by atoms with Crippen LogP contribution in [-0.4, -0.2) is 32.7 Å². The van der Waals surface area contributed by atoms with Gasteiger partial charge >= 0.3 is 5.97 Å². The summed E-state index contributed by atoms with van der Waals surface area (Å²) < 4.78 is 0.668. The number of aliphatic carboxylic acids is 1. The molecule has 0 bridgehead atoms. The van der Waals surface area contributed by atoms with Crippen LogP contribution in [0.1, 0.15) is 73.5 Å². The highest BCUT2D eigenvalue weighted by Crippen LogP contribution is 2.43. The molecule has 0 atom stereocenters. The second-order valence-electron chi connectivity index (χ2n) is 6.33. The fraction of sp³-hybridized carbons (Fsp3) is 0.667. The summed E-state index contributed by atoms with van der Waals surface area (Å²) in [6, 6.07) is 0. The molecule has 1 aromatic heterocycles. The van der Waals surface area contributed by atoms with Crippen molar-refractivity contribution in [1.82, 2.24) is 15.5 Å². The molecule has 1 amide bonds. The minimum atomic E-state index is -1.16. The molecule has 1 heterocycles. The molecule has 0 spiro atoms. The van der Waals surface area contributed by atoms with Gasteiger partial charge in [0.1, 0.15) is 5.54 Å². The number of aromatic nitrogens is 2. The van der Waals surface area contributed by atoms with Gasteiger partial charge in [-0.25, -0.2) is 4.79 Å². The zero-order valence-corrected chi connectivity index (χ0v) is 13.9. The van der Waals surface area contributed by atoms with Crippen LogP contribution in [-0.2, 0) is 4.79 Å². The van der Waals surface area contributed by atoms with E-state index in [0.717, 1.165) is 44.2 Å². The number of carboxylic acids is 1. The number of carbonyl (C=O) groups excluding carboxylic acids is 1. The number of H-pyrrole nitrogens is 1. The summed E-state index contributed by atoms with van der Waals surface area (Å²) in [5.41, 5.74) is 0.0355. The molecule has 0 aliphatic heterocycles. The summed E-state index contributed by atoms with van der Waals surface area (Å²) in [6.45, 7) is 0. The fourth-order valence-corrected chi connectivity index (χ4v) is 3.82. The third kappa shape index (κ3) is 2.91. The number of aromatic amines is 1. The van der Waals surface area contributed by atoms with Crippen LogP contribution < -0.4 is 5.32 Å². The Kier molecular flexibility index (Phi) is 4.25. The van der Waals surface area contributed by atoms with Crippen molar-refractivity contribution in [2.24, 2.45) is 0 Å². The van der Waals surface area contributed by atoms with E-state index in [-0.39, 0.29) is 5.69 Å². The second-order valence-corrected chi connectivity index (χ2v) is 7.12.